The topological polar surface area (TPSA) is 111 Å². The van der Waals surface area contributed by atoms with Crippen LogP contribution < -0.4 is 5.43 Å². The van der Waals surface area contributed by atoms with Gasteiger partial charge in [-0.2, -0.15) is 9.36 Å². The van der Waals surface area contributed by atoms with Gasteiger partial charge in [0, 0.05) is 35.7 Å². The molecule has 4 rings (SSSR count). The minimum absolute atomic E-state index is 0.179. The van der Waals surface area contributed by atoms with E-state index in [0.717, 1.165) is 22.7 Å². The van der Waals surface area contributed by atoms with E-state index in [1.165, 1.54) is 16.8 Å². The number of fused-ring (bicyclic) bond motifs is 1. The zero-order valence-corrected chi connectivity index (χ0v) is 16.2. The predicted octanol–water partition coefficient (Wildman–Crippen LogP) is 3.27. The van der Waals surface area contributed by atoms with Gasteiger partial charge < -0.3 is 5.11 Å². The molecule has 0 spiro atoms. The van der Waals surface area contributed by atoms with Crippen LogP contribution in [0.5, 0.6) is 0 Å². The molecule has 0 aliphatic rings. The number of aromatic carboxylic acids is 1. The molecule has 4 aromatic rings. The molecule has 0 unspecified atom stereocenters. The van der Waals surface area contributed by atoms with Crippen molar-refractivity contribution in [2.45, 2.75) is 13.8 Å². The van der Waals surface area contributed by atoms with E-state index in [0.29, 0.717) is 16.5 Å². The summed E-state index contributed by atoms with van der Waals surface area (Å²) in [6, 6.07) is 3.41. The van der Waals surface area contributed by atoms with Gasteiger partial charge in [-0.1, -0.05) is 11.6 Å². The highest BCUT2D eigenvalue weighted by Crippen LogP contribution is 2.25. The van der Waals surface area contributed by atoms with Gasteiger partial charge in [-0.25, -0.2) is 9.78 Å². The zero-order valence-electron chi connectivity index (χ0n) is 14.7. The normalized spacial score (nSPS) is 11.1. The largest absolute Gasteiger partial charge is 0.477 e. The molecular formula is C18H12ClN5O3S. The summed E-state index contributed by atoms with van der Waals surface area (Å²) in [4.78, 5) is 37.1. The maximum absolute atomic E-state index is 12.6. The fourth-order valence-electron chi connectivity index (χ4n) is 2.86. The number of aryl methyl sites for hydroxylation is 2. The quantitative estimate of drug-likeness (QED) is 0.513. The maximum Gasteiger partial charge on any atom is 0.341 e. The minimum Gasteiger partial charge on any atom is -0.477 e. The first-order valence-corrected chi connectivity index (χ1v) is 9.22. The fraction of sp³-hybridized carbons (Fsp3) is 0.111. The average molecular weight is 414 g/mol. The molecule has 0 aliphatic carbocycles. The average Bonchev–Trinajstić information content (AvgIpc) is 3.11. The number of rotatable bonds is 3. The molecule has 0 fully saturated rings. The summed E-state index contributed by atoms with van der Waals surface area (Å²) in [6.45, 7) is 3.59. The van der Waals surface area contributed by atoms with Crippen LogP contribution in [0.25, 0.3) is 27.6 Å². The van der Waals surface area contributed by atoms with Gasteiger partial charge in [0.1, 0.15) is 10.7 Å². The summed E-state index contributed by atoms with van der Waals surface area (Å²) in [5.41, 5.74) is 1.45. The molecule has 1 N–H and O–H groups in total. The Balaban J connectivity index is 2.00. The van der Waals surface area contributed by atoms with Gasteiger partial charge in [0.2, 0.25) is 10.6 Å². The number of hydrogen-bond acceptors (Lipinski definition) is 7. The van der Waals surface area contributed by atoms with E-state index in [1.54, 1.807) is 19.3 Å². The molecule has 0 amide bonds. The smallest absolute Gasteiger partial charge is 0.341 e. The molecule has 0 bridgehead atoms. The van der Waals surface area contributed by atoms with Crippen LogP contribution in [0, 0.1) is 13.8 Å². The summed E-state index contributed by atoms with van der Waals surface area (Å²) in [5.74, 6) is -0.888. The van der Waals surface area contributed by atoms with E-state index in [-0.39, 0.29) is 21.7 Å². The van der Waals surface area contributed by atoms with Crippen molar-refractivity contribution in [2.24, 2.45) is 0 Å². The van der Waals surface area contributed by atoms with E-state index >= 15 is 0 Å². The lowest BCUT2D eigenvalue weighted by atomic mass is 10.1. The Morgan fingerprint density at radius 1 is 1.21 bits per heavy atom. The third-order valence-corrected chi connectivity index (χ3v) is 5.02. The Labute approximate surface area is 167 Å². The van der Waals surface area contributed by atoms with E-state index in [1.807, 2.05) is 13.0 Å². The summed E-state index contributed by atoms with van der Waals surface area (Å²) < 4.78 is 5.77. The lowest BCUT2D eigenvalue weighted by molar-refractivity contribution is 0.0695. The van der Waals surface area contributed by atoms with E-state index in [9.17, 15) is 14.7 Å². The molecular weight excluding hydrogens is 402 g/mol. The Bertz CT molecular complexity index is 1310. The zero-order chi connectivity index (χ0) is 20.0. The van der Waals surface area contributed by atoms with Gasteiger partial charge in [0.15, 0.2) is 11.5 Å². The SMILES string of the molecule is Cc1cncc(-c2nsc(-n3cc(C(=O)O)c(=O)c4c(C)cc(Cl)nc43)n2)c1. The van der Waals surface area contributed by atoms with Crippen LogP contribution in [-0.4, -0.2) is 35.0 Å². The summed E-state index contributed by atoms with van der Waals surface area (Å²) in [5, 5.41) is 10.2. The van der Waals surface area contributed by atoms with Crippen LogP contribution in [-0.2, 0) is 0 Å². The second-order valence-corrected chi connectivity index (χ2v) is 7.28. The Morgan fingerprint density at radius 3 is 2.71 bits per heavy atom. The number of hydrogen-bond donors (Lipinski definition) is 1. The van der Waals surface area contributed by atoms with Gasteiger partial charge in [-0.3, -0.25) is 14.3 Å². The lowest BCUT2D eigenvalue weighted by Crippen LogP contribution is -2.20. The first-order valence-electron chi connectivity index (χ1n) is 8.07. The molecule has 140 valence electrons. The van der Waals surface area contributed by atoms with Crippen LogP contribution in [0.2, 0.25) is 5.15 Å². The van der Waals surface area contributed by atoms with Crippen molar-refractivity contribution in [1.82, 2.24) is 23.9 Å². The molecule has 0 saturated carbocycles. The third-order valence-electron chi connectivity index (χ3n) is 4.11. The molecule has 4 aromatic heterocycles. The molecule has 0 aromatic carbocycles. The number of carbonyl (C=O) groups is 1. The summed E-state index contributed by atoms with van der Waals surface area (Å²) >= 11 is 7.13. The van der Waals surface area contributed by atoms with Crippen LogP contribution >= 0.6 is 23.1 Å². The maximum atomic E-state index is 12.6. The van der Waals surface area contributed by atoms with Gasteiger partial charge in [0.05, 0.1) is 5.39 Å². The molecule has 28 heavy (non-hydrogen) atoms. The highest BCUT2D eigenvalue weighted by Gasteiger charge is 2.20. The highest BCUT2D eigenvalue weighted by molar-refractivity contribution is 7.08. The molecule has 8 nitrogen and oxygen atoms in total. The Morgan fingerprint density at radius 2 is 2.00 bits per heavy atom. The summed E-state index contributed by atoms with van der Waals surface area (Å²) in [6.07, 6.45) is 4.57. The van der Waals surface area contributed by atoms with Crippen molar-refractivity contribution in [2.75, 3.05) is 0 Å². The predicted molar refractivity (Wildman–Crippen MR) is 105 cm³/mol. The van der Waals surface area contributed by atoms with Crippen LogP contribution in [0.1, 0.15) is 21.5 Å². The Kier molecular flexibility index (Phi) is 4.40. The van der Waals surface area contributed by atoms with Crippen LogP contribution in [0.4, 0.5) is 0 Å². The minimum atomic E-state index is -1.33. The van der Waals surface area contributed by atoms with E-state index in [4.69, 9.17) is 11.6 Å². The Hall–Kier alpha value is -3.17. The number of pyridine rings is 3. The van der Waals surface area contributed by atoms with Crippen molar-refractivity contribution < 1.29 is 9.90 Å². The van der Waals surface area contributed by atoms with Crippen LogP contribution in [0.15, 0.2) is 35.5 Å². The van der Waals surface area contributed by atoms with Gasteiger partial charge in [0.25, 0.3) is 0 Å². The van der Waals surface area contributed by atoms with Crippen molar-refractivity contribution in [1.29, 1.82) is 0 Å². The standard InChI is InChI=1S/C18H12ClN5O3S/c1-8-3-10(6-20-5-8)15-22-18(28-23-15)24-7-11(17(26)27)14(25)13-9(2)4-12(19)21-16(13)24/h3-7H,1-2H3,(H,26,27). The van der Waals surface area contributed by atoms with Gasteiger partial charge in [-0.15, -0.1) is 0 Å². The van der Waals surface area contributed by atoms with Gasteiger partial charge in [-0.05, 0) is 37.1 Å². The summed E-state index contributed by atoms with van der Waals surface area (Å²) in [7, 11) is 0. The van der Waals surface area contributed by atoms with E-state index < -0.39 is 11.4 Å². The fourth-order valence-corrected chi connectivity index (χ4v) is 3.77. The monoisotopic (exact) mass is 413 g/mol. The second-order valence-electron chi connectivity index (χ2n) is 6.16. The molecule has 0 atom stereocenters. The van der Waals surface area contributed by atoms with E-state index in [2.05, 4.69) is 19.3 Å². The van der Waals surface area contributed by atoms with Crippen molar-refractivity contribution in [3.63, 3.8) is 0 Å². The molecule has 10 heteroatoms. The number of carboxylic acids is 1. The van der Waals surface area contributed by atoms with Gasteiger partial charge >= 0.3 is 5.97 Å². The number of aromatic nitrogens is 5. The number of halogens is 1. The molecule has 0 saturated heterocycles. The molecule has 4 heterocycles. The molecule has 0 aliphatic heterocycles. The highest BCUT2D eigenvalue weighted by atomic mass is 35.5. The van der Waals surface area contributed by atoms with Crippen molar-refractivity contribution >= 4 is 40.1 Å². The third kappa shape index (κ3) is 3.04. The number of nitrogens with zero attached hydrogens (tertiary/aromatic N) is 5. The second kappa shape index (κ2) is 6.77. The first-order chi connectivity index (χ1) is 13.3. The lowest BCUT2D eigenvalue weighted by Gasteiger charge is -2.10. The van der Waals surface area contributed by atoms with Crippen molar-refractivity contribution in [3.8, 4) is 16.5 Å². The molecule has 0 radical (unpaired) electrons. The van der Waals surface area contributed by atoms with Crippen LogP contribution in [0.3, 0.4) is 0 Å². The number of carboxylic acid groups (broad SMARTS) is 1. The van der Waals surface area contributed by atoms with Crippen molar-refractivity contribution in [3.05, 3.63) is 62.8 Å². The first kappa shape index (κ1) is 18.2.